The van der Waals surface area contributed by atoms with Crippen LogP contribution in [0.15, 0.2) is 35.5 Å². The predicted molar refractivity (Wildman–Crippen MR) is 112 cm³/mol. The lowest BCUT2D eigenvalue weighted by atomic mass is 9.96. The molecule has 154 valence electrons. The molecule has 8 heteroatoms. The standard InChI is InChI=1S/C21H27N5O2S/c1-14(19(27)24-20(28)22-16-8-4-2-5-9-16)29-21-23-18(15-12-13-15)26(25-21)17-10-6-3-7-11-17/h3,6-7,10-11,14-16H,2,4-5,8-9,12-13H2,1H3,(H2,22,24,27,28)/t14-/m0/s1. The first kappa shape index (κ1) is 19.9. The van der Waals surface area contributed by atoms with Gasteiger partial charge in [-0.15, -0.1) is 5.10 Å². The van der Waals surface area contributed by atoms with Crippen LogP contribution in [0, 0.1) is 0 Å². The van der Waals surface area contributed by atoms with Gasteiger partial charge in [-0.1, -0.05) is 49.2 Å². The van der Waals surface area contributed by atoms with Gasteiger partial charge in [-0.3, -0.25) is 10.1 Å². The lowest BCUT2D eigenvalue weighted by molar-refractivity contribution is -0.119. The maximum Gasteiger partial charge on any atom is 0.321 e. The first-order valence-corrected chi connectivity index (χ1v) is 11.3. The van der Waals surface area contributed by atoms with Crippen molar-refractivity contribution in [3.8, 4) is 5.69 Å². The molecule has 7 nitrogen and oxygen atoms in total. The molecule has 29 heavy (non-hydrogen) atoms. The van der Waals surface area contributed by atoms with Crippen molar-refractivity contribution in [2.45, 2.75) is 74.2 Å². The molecule has 2 aliphatic carbocycles. The van der Waals surface area contributed by atoms with Gasteiger partial charge in [-0.05, 0) is 44.7 Å². The third kappa shape index (κ3) is 5.18. The maximum atomic E-state index is 12.5. The Morgan fingerprint density at radius 2 is 1.83 bits per heavy atom. The number of thioether (sulfide) groups is 1. The van der Waals surface area contributed by atoms with E-state index in [1.165, 1.54) is 18.2 Å². The molecule has 2 aromatic rings. The second-order valence-corrected chi connectivity index (χ2v) is 9.14. The molecule has 0 radical (unpaired) electrons. The summed E-state index contributed by atoms with van der Waals surface area (Å²) in [6.07, 6.45) is 7.68. The van der Waals surface area contributed by atoms with Crippen molar-refractivity contribution >= 4 is 23.7 Å². The summed E-state index contributed by atoms with van der Waals surface area (Å²) in [7, 11) is 0. The maximum absolute atomic E-state index is 12.5. The van der Waals surface area contributed by atoms with Gasteiger partial charge in [-0.25, -0.2) is 14.5 Å². The molecule has 0 saturated heterocycles. The fraction of sp³-hybridized carbons (Fsp3) is 0.524. The van der Waals surface area contributed by atoms with E-state index in [1.807, 2.05) is 35.0 Å². The van der Waals surface area contributed by atoms with E-state index < -0.39 is 11.3 Å². The third-order valence-corrected chi connectivity index (χ3v) is 6.34. The molecule has 2 fully saturated rings. The number of aromatic nitrogens is 3. The van der Waals surface area contributed by atoms with E-state index in [2.05, 4.69) is 20.7 Å². The Hall–Kier alpha value is -2.35. The molecular formula is C21H27N5O2S. The Kier molecular flexibility index (Phi) is 6.18. The van der Waals surface area contributed by atoms with Gasteiger partial charge >= 0.3 is 6.03 Å². The summed E-state index contributed by atoms with van der Waals surface area (Å²) in [5.41, 5.74) is 0.970. The molecule has 1 aromatic carbocycles. The Balaban J connectivity index is 1.37. The van der Waals surface area contributed by atoms with Crippen molar-refractivity contribution in [1.82, 2.24) is 25.4 Å². The molecule has 2 saturated carbocycles. The topological polar surface area (TPSA) is 88.9 Å². The predicted octanol–water partition coefficient (Wildman–Crippen LogP) is 3.78. The quantitative estimate of drug-likeness (QED) is 0.704. The highest BCUT2D eigenvalue weighted by Crippen LogP contribution is 2.40. The number of rotatable bonds is 6. The van der Waals surface area contributed by atoms with Crippen molar-refractivity contribution < 1.29 is 9.59 Å². The van der Waals surface area contributed by atoms with Crippen LogP contribution >= 0.6 is 11.8 Å². The number of urea groups is 1. The summed E-state index contributed by atoms with van der Waals surface area (Å²) in [6.45, 7) is 1.77. The summed E-state index contributed by atoms with van der Waals surface area (Å²) >= 11 is 1.28. The average molecular weight is 414 g/mol. The van der Waals surface area contributed by atoms with Crippen LogP contribution in [-0.4, -0.2) is 38.0 Å². The van der Waals surface area contributed by atoms with Crippen LogP contribution in [0.1, 0.15) is 63.6 Å². The Labute approximate surface area is 175 Å². The normalized spacial score (nSPS) is 18.2. The van der Waals surface area contributed by atoms with Crippen LogP contribution in [-0.2, 0) is 4.79 Å². The Morgan fingerprint density at radius 1 is 1.10 bits per heavy atom. The number of benzene rings is 1. The van der Waals surface area contributed by atoms with Gasteiger partial charge in [0.25, 0.3) is 0 Å². The first-order valence-electron chi connectivity index (χ1n) is 10.4. The van der Waals surface area contributed by atoms with E-state index >= 15 is 0 Å². The molecule has 3 amide bonds. The number of carbonyl (C=O) groups excluding carboxylic acids is 2. The van der Waals surface area contributed by atoms with Crippen molar-refractivity contribution in [3.63, 3.8) is 0 Å². The minimum absolute atomic E-state index is 0.170. The summed E-state index contributed by atoms with van der Waals surface area (Å²) in [5, 5.41) is 10.1. The van der Waals surface area contributed by atoms with Gasteiger partial charge in [0.2, 0.25) is 11.1 Å². The number of para-hydroxylation sites is 1. The van der Waals surface area contributed by atoms with E-state index in [4.69, 9.17) is 0 Å². The van der Waals surface area contributed by atoms with Crippen LogP contribution in [0.4, 0.5) is 4.79 Å². The number of carbonyl (C=O) groups is 2. The molecule has 0 bridgehead atoms. The van der Waals surface area contributed by atoms with Gasteiger partial charge < -0.3 is 5.32 Å². The zero-order valence-corrected chi connectivity index (χ0v) is 17.5. The molecule has 1 aromatic heterocycles. The molecule has 0 unspecified atom stereocenters. The minimum Gasteiger partial charge on any atom is -0.335 e. The van der Waals surface area contributed by atoms with Gasteiger partial charge in [0.1, 0.15) is 5.82 Å². The van der Waals surface area contributed by atoms with E-state index in [-0.39, 0.29) is 11.9 Å². The molecule has 1 heterocycles. The molecule has 0 aliphatic heterocycles. The number of imide groups is 1. The average Bonchev–Trinajstić information content (AvgIpc) is 3.49. The highest BCUT2D eigenvalue weighted by Gasteiger charge is 2.31. The largest absolute Gasteiger partial charge is 0.335 e. The van der Waals surface area contributed by atoms with Crippen LogP contribution in [0.2, 0.25) is 0 Å². The summed E-state index contributed by atoms with van der Waals surface area (Å²) < 4.78 is 1.88. The summed E-state index contributed by atoms with van der Waals surface area (Å²) in [4.78, 5) is 29.3. The number of nitrogens with one attached hydrogen (secondary N) is 2. The van der Waals surface area contributed by atoms with E-state index in [0.29, 0.717) is 11.1 Å². The number of nitrogens with zero attached hydrogens (tertiary/aromatic N) is 3. The minimum atomic E-state index is -0.467. The Morgan fingerprint density at radius 3 is 2.52 bits per heavy atom. The van der Waals surface area contributed by atoms with Crippen LogP contribution in [0.3, 0.4) is 0 Å². The third-order valence-electron chi connectivity index (χ3n) is 5.38. The summed E-state index contributed by atoms with van der Waals surface area (Å²) in [5.74, 6) is 1.05. The second kappa shape index (κ2) is 8.98. The first-order chi connectivity index (χ1) is 14.1. The zero-order chi connectivity index (χ0) is 20.2. The second-order valence-electron chi connectivity index (χ2n) is 7.83. The van der Waals surface area contributed by atoms with E-state index in [0.717, 1.165) is 50.0 Å². The van der Waals surface area contributed by atoms with Gasteiger partial charge in [-0.2, -0.15) is 0 Å². The summed E-state index contributed by atoms with van der Waals surface area (Å²) in [6, 6.07) is 9.68. The zero-order valence-electron chi connectivity index (χ0n) is 16.6. The highest BCUT2D eigenvalue weighted by molar-refractivity contribution is 8.00. The van der Waals surface area contributed by atoms with Crippen molar-refractivity contribution in [2.24, 2.45) is 0 Å². The molecule has 2 N–H and O–H groups in total. The highest BCUT2D eigenvalue weighted by atomic mass is 32.2. The Bertz CT molecular complexity index is 859. The van der Waals surface area contributed by atoms with Crippen molar-refractivity contribution in [1.29, 1.82) is 0 Å². The van der Waals surface area contributed by atoms with Crippen LogP contribution in [0.25, 0.3) is 5.69 Å². The number of hydrogen-bond acceptors (Lipinski definition) is 5. The smallest absolute Gasteiger partial charge is 0.321 e. The molecule has 4 rings (SSSR count). The van der Waals surface area contributed by atoms with E-state index in [1.54, 1.807) is 6.92 Å². The monoisotopic (exact) mass is 413 g/mol. The fourth-order valence-electron chi connectivity index (χ4n) is 3.61. The fourth-order valence-corrected chi connectivity index (χ4v) is 4.37. The number of hydrogen-bond donors (Lipinski definition) is 2. The lowest BCUT2D eigenvalue weighted by Crippen LogP contribution is -2.47. The van der Waals surface area contributed by atoms with Gasteiger partial charge in [0.15, 0.2) is 0 Å². The molecule has 2 aliphatic rings. The van der Waals surface area contributed by atoms with Crippen LogP contribution < -0.4 is 10.6 Å². The lowest BCUT2D eigenvalue weighted by Gasteiger charge is -2.22. The number of amides is 3. The molecule has 0 spiro atoms. The molecule has 1 atom stereocenters. The van der Waals surface area contributed by atoms with Crippen LogP contribution in [0.5, 0.6) is 0 Å². The molecular weight excluding hydrogens is 386 g/mol. The van der Waals surface area contributed by atoms with E-state index in [9.17, 15) is 9.59 Å². The SMILES string of the molecule is C[C@H](Sc1nc(C2CC2)n(-c2ccccc2)n1)C(=O)NC(=O)NC1CCCCC1. The van der Waals surface area contributed by atoms with Gasteiger partial charge in [0, 0.05) is 12.0 Å². The van der Waals surface area contributed by atoms with Crippen molar-refractivity contribution in [2.75, 3.05) is 0 Å². The van der Waals surface area contributed by atoms with Crippen molar-refractivity contribution in [3.05, 3.63) is 36.2 Å². The van der Waals surface area contributed by atoms with Gasteiger partial charge in [0.05, 0.1) is 10.9 Å².